The van der Waals surface area contributed by atoms with Crippen molar-refractivity contribution in [2.75, 3.05) is 32.7 Å². The Balaban J connectivity index is 1.53. The van der Waals surface area contributed by atoms with Crippen molar-refractivity contribution in [3.8, 4) is 0 Å². The second-order valence-corrected chi connectivity index (χ2v) is 10.5. The molecule has 0 unspecified atom stereocenters. The number of amides is 1. The van der Waals surface area contributed by atoms with Gasteiger partial charge in [-0.2, -0.15) is 4.31 Å². The van der Waals surface area contributed by atoms with E-state index < -0.39 is 10.0 Å². The zero-order chi connectivity index (χ0) is 21.0. The number of rotatable bonds is 6. The van der Waals surface area contributed by atoms with Crippen LogP contribution in [-0.4, -0.2) is 62.3 Å². The highest BCUT2D eigenvalue weighted by Gasteiger charge is 2.35. The maximum atomic E-state index is 13.0. The summed E-state index contributed by atoms with van der Waals surface area (Å²) in [5, 5.41) is 3.41. The van der Waals surface area contributed by atoms with Crippen LogP contribution < -0.4 is 5.32 Å². The van der Waals surface area contributed by atoms with E-state index >= 15 is 0 Å². The maximum Gasteiger partial charge on any atom is 0.246 e. The number of carbonyl (C=O) groups is 1. The molecule has 6 nitrogen and oxygen atoms in total. The van der Waals surface area contributed by atoms with Crippen LogP contribution >= 0.6 is 23.2 Å². The Labute approximate surface area is 183 Å². The lowest BCUT2D eigenvalue weighted by Crippen LogP contribution is -2.48. The van der Waals surface area contributed by atoms with Gasteiger partial charge >= 0.3 is 0 Å². The van der Waals surface area contributed by atoms with Gasteiger partial charge in [0.05, 0.1) is 10.0 Å². The summed E-state index contributed by atoms with van der Waals surface area (Å²) in [7, 11) is -3.78. The van der Waals surface area contributed by atoms with Gasteiger partial charge in [-0.3, -0.25) is 4.79 Å². The number of piperidine rings is 2. The topological polar surface area (TPSA) is 69.7 Å². The molecule has 29 heavy (non-hydrogen) atoms. The van der Waals surface area contributed by atoms with Crippen LogP contribution in [0.25, 0.3) is 0 Å². The van der Waals surface area contributed by atoms with E-state index in [0.717, 1.165) is 38.9 Å². The summed E-state index contributed by atoms with van der Waals surface area (Å²) in [6.45, 7) is 5.92. The number of hydrogen-bond acceptors (Lipinski definition) is 4. The van der Waals surface area contributed by atoms with Crippen molar-refractivity contribution >= 4 is 39.1 Å². The van der Waals surface area contributed by atoms with Gasteiger partial charge in [0.25, 0.3) is 0 Å². The summed E-state index contributed by atoms with van der Waals surface area (Å²) in [6, 6.07) is 4.88. The third-order valence-corrected chi connectivity index (χ3v) is 8.67. The summed E-state index contributed by atoms with van der Waals surface area (Å²) >= 11 is 12.2. The minimum absolute atomic E-state index is 0.0479. The second kappa shape index (κ2) is 9.96. The summed E-state index contributed by atoms with van der Waals surface area (Å²) in [6.07, 6.45) is 4.11. The minimum Gasteiger partial charge on any atom is -0.353 e. The van der Waals surface area contributed by atoms with Crippen molar-refractivity contribution in [1.82, 2.24) is 14.5 Å². The molecule has 9 heteroatoms. The quantitative estimate of drug-likeness (QED) is 0.704. The van der Waals surface area contributed by atoms with Crippen LogP contribution in [0.5, 0.6) is 0 Å². The fourth-order valence-electron chi connectivity index (χ4n) is 4.15. The van der Waals surface area contributed by atoms with Crippen LogP contribution in [0.15, 0.2) is 23.1 Å². The average molecular weight is 462 g/mol. The Morgan fingerprint density at radius 1 is 1.07 bits per heavy atom. The molecule has 2 heterocycles. The number of nitrogens with one attached hydrogen (secondary N) is 1. The van der Waals surface area contributed by atoms with Crippen LogP contribution in [0.2, 0.25) is 10.0 Å². The lowest BCUT2D eigenvalue weighted by molar-refractivity contribution is -0.127. The first kappa shape index (κ1) is 22.8. The number of nitrogens with zero attached hydrogens (tertiary/aromatic N) is 2. The lowest BCUT2D eigenvalue weighted by atomic mass is 9.96. The number of benzene rings is 1. The summed E-state index contributed by atoms with van der Waals surface area (Å²) < 4.78 is 27.3. The molecule has 0 bridgehead atoms. The number of hydrogen-bond donors (Lipinski definition) is 1. The van der Waals surface area contributed by atoms with Crippen LogP contribution in [0.3, 0.4) is 0 Å². The molecular weight excluding hydrogens is 433 g/mol. The highest BCUT2D eigenvalue weighted by atomic mass is 35.5. The van der Waals surface area contributed by atoms with E-state index in [1.807, 2.05) is 0 Å². The molecule has 1 aromatic carbocycles. The molecule has 162 valence electrons. The molecular formula is C20H29Cl2N3O3S. The van der Waals surface area contributed by atoms with E-state index in [9.17, 15) is 13.2 Å². The molecule has 1 amide bonds. The largest absolute Gasteiger partial charge is 0.353 e. The highest BCUT2D eigenvalue weighted by molar-refractivity contribution is 7.89. The van der Waals surface area contributed by atoms with Crippen molar-refractivity contribution in [3.63, 3.8) is 0 Å². The summed E-state index contributed by atoms with van der Waals surface area (Å²) in [4.78, 5) is 15.1. The Bertz CT molecular complexity index is 798. The normalized spacial score (nSPS) is 20.7. The molecule has 3 rings (SSSR count). The Morgan fingerprint density at radius 3 is 2.21 bits per heavy atom. The Hall–Kier alpha value is -0.860. The fourth-order valence-corrected chi connectivity index (χ4v) is 6.71. The van der Waals surface area contributed by atoms with E-state index in [1.54, 1.807) is 6.07 Å². The molecule has 2 aliphatic heterocycles. The van der Waals surface area contributed by atoms with Crippen molar-refractivity contribution < 1.29 is 13.2 Å². The van der Waals surface area contributed by atoms with E-state index in [0.29, 0.717) is 12.8 Å². The van der Waals surface area contributed by atoms with Crippen molar-refractivity contribution in [3.05, 3.63) is 28.2 Å². The van der Waals surface area contributed by atoms with Crippen molar-refractivity contribution in [1.29, 1.82) is 0 Å². The van der Waals surface area contributed by atoms with Crippen LogP contribution in [-0.2, 0) is 14.8 Å². The molecule has 0 saturated carbocycles. The smallest absolute Gasteiger partial charge is 0.246 e. The Kier molecular flexibility index (Phi) is 7.84. The van der Waals surface area contributed by atoms with Gasteiger partial charge in [-0.05, 0) is 50.8 Å². The average Bonchev–Trinajstić information content (AvgIpc) is 2.69. The molecule has 2 aliphatic rings. The van der Waals surface area contributed by atoms with E-state index in [-0.39, 0.29) is 45.9 Å². The van der Waals surface area contributed by atoms with Gasteiger partial charge in [-0.1, -0.05) is 36.2 Å². The first-order chi connectivity index (χ1) is 13.8. The predicted molar refractivity (Wildman–Crippen MR) is 116 cm³/mol. The molecule has 0 aromatic heterocycles. The third kappa shape index (κ3) is 5.44. The van der Waals surface area contributed by atoms with E-state index in [1.165, 1.54) is 16.4 Å². The van der Waals surface area contributed by atoms with Crippen LogP contribution in [0, 0.1) is 5.92 Å². The maximum absolute atomic E-state index is 13.0. The van der Waals surface area contributed by atoms with E-state index in [2.05, 4.69) is 17.1 Å². The van der Waals surface area contributed by atoms with Gasteiger partial charge in [0.15, 0.2) is 0 Å². The SMILES string of the molecule is CCCN1CCC(NC(=O)C2CCN(S(=O)(=O)c3c(Cl)cccc3Cl)CC2)CC1. The monoisotopic (exact) mass is 461 g/mol. The first-order valence-electron chi connectivity index (χ1n) is 10.3. The second-order valence-electron chi connectivity index (χ2n) is 7.85. The van der Waals surface area contributed by atoms with Gasteiger partial charge in [-0.15, -0.1) is 0 Å². The first-order valence-corrected chi connectivity index (χ1v) is 12.5. The number of likely N-dealkylation sites (tertiary alicyclic amines) is 1. The molecule has 2 fully saturated rings. The minimum atomic E-state index is -3.78. The summed E-state index contributed by atoms with van der Waals surface area (Å²) in [5.41, 5.74) is 0. The molecule has 1 aromatic rings. The molecule has 0 atom stereocenters. The molecule has 0 spiro atoms. The van der Waals surface area contributed by atoms with Gasteiger partial charge in [-0.25, -0.2) is 8.42 Å². The number of carbonyl (C=O) groups excluding carboxylic acids is 1. The number of sulfonamides is 1. The Morgan fingerprint density at radius 2 is 1.66 bits per heavy atom. The molecule has 1 N–H and O–H groups in total. The van der Waals surface area contributed by atoms with Gasteiger partial charge in [0.1, 0.15) is 4.90 Å². The zero-order valence-electron chi connectivity index (χ0n) is 16.7. The van der Waals surface area contributed by atoms with Gasteiger partial charge in [0, 0.05) is 38.1 Å². The standard InChI is InChI=1S/C20H29Cl2N3O3S/c1-2-10-24-11-8-16(9-12-24)23-20(26)15-6-13-25(14-7-15)29(27,28)19-17(21)4-3-5-18(19)22/h3-5,15-16H,2,6-14H2,1H3,(H,23,26). The fraction of sp³-hybridized carbons (Fsp3) is 0.650. The summed E-state index contributed by atoms with van der Waals surface area (Å²) in [5.74, 6) is -0.108. The third-order valence-electron chi connectivity index (χ3n) is 5.82. The molecule has 2 saturated heterocycles. The van der Waals surface area contributed by atoms with Gasteiger partial charge < -0.3 is 10.2 Å². The van der Waals surface area contributed by atoms with Crippen molar-refractivity contribution in [2.24, 2.45) is 5.92 Å². The molecule has 0 aliphatic carbocycles. The number of halogens is 2. The van der Waals surface area contributed by atoms with Crippen LogP contribution in [0.1, 0.15) is 39.0 Å². The molecule has 0 radical (unpaired) electrons. The van der Waals surface area contributed by atoms with Crippen molar-refractivity contribution in [2.45, 2.75) is 50.0 Å². The van der Waals surface area contributed by atoms with E-state index in [4.69, 9.17) is 23.2 Å². The highest BCUT2D eigenvalue weighted by Crippen LogP contribution is 2.33. The predicted octanol–water partition coefficient (Wildman–Crippen LogP) is 3.38. The lowest BCUT2D eigenvalue weighted by Gasteiger charge is -2.34. The van der Waals surface area contributed by atoms with Gasteiger partial charge in [0.2, 0.25) is 15.9 Å². The zero-order valence-corrected chi connectivity index (χ0v) is 19.1. The van der Waals surface area contributed by atoms with Crippen LogP contribution in [0.4, 0.5) is 0 Å².